The van der Waals surface area contributed by atoms with Crippen LogP contribution in [0.15, 0.2) is 0 Å². The molecule has 0 bridgehead atoms. The van der Waals surface area contributed by atoms with Crippen molar-refractivity contribution in [2.75, 3.05) is 30.3 Å². The molecule has 6 nitrogen and oxygen atoms in total. The molecular weight excluding hydrogens is 286 g/mol. The molecule has 0 unspecified atom stereocenters. The lowest BCUT2D eigenvalue weighted by molar-refractivity contribution is 0.0951. The van der Waals surface area contributed by atoms with Crippen LogP contribution in [-0.2, 0) is 0 Å². The highest BCUT2D eigenvalue weighted by atomic mass is 32.1. The second kappa shape index (κ2) is 5.46. The van der Waals surface area contributed by atoms with Crippen molar-refractivity contribution >= 4 is 28.2 Å². The summed E-state index contributed by atoms with van der Waals surface area (Å²) in [6.07, 6.45) is 4.29. The SMILES string of the molecule is CC1(CNC(=O)c2sc(N3CCC(N)CC3)nc2N)CC1. The maximum Gasteiger partial charge on any atom is 0.265 e. The molecule has 0 atom stereocenters. The summed E-state index contributed by atoms with van der Waals surface area (Å²) in [4.78, 5) is 19.3. The van der Waals surface area contributed by atoms with Gasteiger partial charge in [0.1, 0.15) is 10.7 Å². The van der Waals surface area contributed by atoms with E-state index < -0.39 is 0 Å². The zero-order chi connectivity index (χ0) is 15.0. The van der Waals surface area contributed by atoms with E-state index in [1.165, 1.54) is 24.2 Å². The molecule has 5 N–H and O–H groups in total. The molecule has 3 rings (SSSR count). The first-order valence-electron chi connectivity index (χ1n) is 7.52. The highest BCUT2D eigenvalue weighted by Gasteiger charge is 2.37. The summed E-state index contributed by atoms with van der Waals surface area (Å²) in [6.45, 7) is 4.67. The Bertz CT molecular complexity index is 531. The number of rotatable bonds is 4. The molecule has 0 radical (unpaired) electrons. The molecule has 0 aromatic carbocycles. The molecule has 1 amide bonds. The van der Waals surface area contributed by atoms with Crippen molar-refractivity contribution in [2.45, 2.75) is 38.6 Å². The minimum atomic E-state index is -0.0990. The standard InChI is InChI=1S/C14H23N5OS/c1-14(4-5-14)8-17-12(20)10-11(16)18-13(21-10)19-6-2-9(15)3-7-19/h9H,2-8,15-16H2,1H3,(H,17,20). The number of nitrogens with two attached hydrogens (primary N) is 2. The summed E-state index contributed by atoms with van der Waals surface area (Å²) in [5, 5.41) is 3.81. The zero-order valence-electron chi connectivity index (χ0n) is 12.4. The van der Waals surface area contributed by atoms with Crippen LogP contribution < -0.4 is 21.7 Å². The van der Waals surface area contributed by atoms with Crippen molar-refractivity contribution in [2.24, 2.45) is 11.1 Å². The number of aromatic nitrogens is 1. The van der Waals surface area contributed by atoms with Crippen LogP contribution in [0, 0.1) is 5.41 Å². The summed E-state index contributed by atoms with van der Waals surface area (Å²) in [5.41, 5.74) is 12.1. The van der Waals surface area contributed by atoms with Gasteiger partial charge in [0, 0.05) is 25.7 Å². The molecule has 1 aliphatic heterocycles. The molecule has 2 aliphatic rings. The Hall–Kier alpha value is -1.34. The Balaban J connectivity index is 1.64. The molecular formula is C14H23N5OS. The van der Waals surface area contributed by atoms with Crippen molar-refractivity contribution in [1.29, 1.82) is 0 Å². The van der Waals surface area contributed by atoms with Crippen molar-refractivity contribution in [3.05, 3.63) is 4.88 Å². The normalized spacial score (nSPS) is 21.3. The van der Waals surface area contributed by atoms with E-state index in [9.17, 15) is 4.79 Å². The summed E-state index contributed by atoms with van der Waals surface area (Å²) in [6, 6.07) is 0.278. The summed E-state index contributed by atoms with van der Waals surface area (Å²) in [5.74, 6) is 0.237. The molecule has 7 heteroatoms. The fourth-order valence-electron chi connectivity index (χ4n) is 2.47. The van der Waals surface area contributed by atoms with Crippen molar-refractivity contribution in [3.63, 3.8) is 0 Å². The maximum absolute atomic E-state index is 12.2. The first-order valence-corrected chi connectivity index (χ1v) is 8.33. The van der Waals surface area contributed by atoms with Gasteiger partial charge in [-0.3, -0.25) is 4.79 Å². The number of piperidine rings is 1. The van der Waals surface area contributed by atoms with Crippen LogP contribution in [0.5, 0.6) is 0 Å². The topological polar surface area (TPSA) is 97.3 Å². The van der Waals surface area contributed by atoms with Gasteiger partial charge in [0.15, 0.2) is 5.13 Å². The van der Waals surface area contributed by atoms with Gasteiger partial charge < -0.3 is 21.7 Å². The van der Waals surface area contributed by atoms with Gasteiger partial charge in [0.2, 0.25) is 0 Å². The molecule has 1 aliphatic carbocycles. The van der Waals surface area contributed by atoms with E-state index in [-0.39, 0.29) is 11.9 Å². The Labute approximate surface area is 128 Å². The summed E-state index contributed by atoms with van der Waals surface area (Å²) < 4.78 is 0. The number of hydrogen-bond acceptors (Lipinski definition) is 6. The Morgan fingerprint density at radius 2 is 2.14 bits per heavy atom. The first-order chi connectivity index (χ1) is 9.97. The second-order valence-corrected chi connectivity index (χ2v) is 7.51. The van der Waals surface area contributed by atoms with Crippen LogP contribution in [0.2, 0.25) is 0 Å². The molecule has 1 saturated carbocycles. The Morgan fingerprint density at radius 3 is 2.76 bits per heavy atom. The molecule has 1 aromatic heterocycles. The lowest BCUT2D eigenvalue weighted by Crippen LogP contribution is -2.39. The van der Waals surface area contributed by atoms with Gasteiger partial charge in [-0.2, -0.15) is 0 Å². The number of carbonyl (C=O) groups is 1. The predicted octanol–water partition coefficient (Wildman–Crippen LogP) is 1.18. The monoisotopic (exact) mass is 309 g/mol. The van der Waals surface area contributed by atoms with E-state index in [1.807, 2.05) is 0 Å². The highest BCUT2D eigenvalue weighted by Crippen LogP contribution is 2.44. The van der Waals surface area contributed by atoms with E-state index in [0.29, 0.717) is 16.1 Å². The maximum atomic E-state index is 12.2. The third-order valence-electron chi connectivity index (χ3n) is 4.44. The van der Waals surface area contributed by atoms with Crippen molar-refractivity contribution in [3.8, 4) is 0 Å². The lowest BCUT2D eigenvalue weighted by Gasteiger charge is -2.29. The number of amides is 1. The summed E-state index contributed by atoms with van der Waals surface area (Å²) >= 11 is 1.38. The van der Waals surface area contributed by atoms with Gasteiger partial charge in [-0.15, -0.1) is 0 Å². The van der Waals surface area contributed by atoms with Crippen LogP contribution in [0.4, 0.5) is 10.9 Å². The first kappa shape index (κ1) is 14.6. The smallest absolute Gasteiger partial charge is 0.265 e. The molecule has 1 saturated heterocycles. The lowest BCUT2D eigenvalue weighted by atomic mass is 10.1. The number of hydrogen-bond donors (Lipinski definition) is 3. The van der Waals surface area contributed by atoms with Crippen LogP contribution in [-0.4, -0.2) is 36.6 Å². The van der Waals surface area contributed by atoms with Gasteiger partial charge in [-0.1, -0.05) is 18.3 Å². The molecule has 1 aromatic rings. The quantitative estimate of drug-likeness (QED) is 0.776. The van der Waals surface area contributed by atoms with Gasteiger partial charge in [0.25, 0.3) is 5.91 Å². The minimum Gasteiger partial charge on any atom is -0.382 e. The number of nitrogens with one attached hydrogen (secondary N) is 1. The van der Waals surface area contributed by atoms with Crippen LogP contribution in [0.25, 0.3) is 0 Å². The van der Waals surface area contributed by atoms with Crippen LogP contribution >= 0.6 is 11.3 Å². The summed E-state index contributed by atoms with van der Waals surface area (Å²) in [7, 11) is 0. The van der Waals surface area contributed by atoms with E-state index in [1.54, 1.807) is 0 Å². The number of nitrogens with zero attached hydrogens (tertiary/aromatic N) is 2. The molecule has 0 spiro atoms. The fourth-order valence-corrected chi connectivity index (χ4v) is 3.43. The van der Waals surface area contributed by atoms with E-state index in [2.05, 4.69) is 22.1 Å². The third-order valence-corrected chi connectivity index (χ3v) is 5.57. The molecule has 116 valence electrons. The fraction of sp³-hybridized carbons (Fsp3) is 0.714. The van der Waals surface area contributed by atoms with Gasteiger partial charge in [0.05, 0.1) is 0 Å². The number of thiazole rings is 1. The average Bonchev–Trinajstić information content (AvgIpc) is 3.07. The average molecular weight is 309 g/mol. The Morgan fingerprint density at radius 1 is 1.48 bits per heavy atom. The molecule has 2 heterocycles. The van der Waals surface area contributed by atoms with Crippen LogP contribution in [0.3, 0.4) is 0 Å². The van der Waals surface area contributed by atoms with Crippen molar-refractivity contribution in [1.82, 2.24) is 10.3 Å². The number of nitrogen functional groups attached to an aromatic ring is 1. The zero-order valence-corrected chi connectivity index (χ0v) is 13.2. The predicted molar refractivity (Wildman–Crippen MR) is 85.6 cm³/mol. The van der Waals surface area contributed by atoms with Gasteiger partial charge >= 0.3 is 0 Å². The van der Waals surface area contributed by atoms with E-state index >= 15 is 0 Å². The number of carbonyl (C=O) groups excluding carboxylic acids is 1. The van der Waals surface area contributed by atoms with E-state index in [0.717, 1.165) is 37.6 Å². The van der Waals surface area contributed by atoms with Crippen molar-refractivity contribution < 1.29 is 4.79 Å². The third kappa shape index (κ3) is 3.29. The Kier molecular flexibility index (Phi) is 3.79. The minimum absolute atomic E-state index is 0.0990. The van der Waals surface area contributed by atoms with Gasteiger partial charge in [-0.05, 0) is 31.1 Å². The molecule has 2 fully saturated rings. The second-order valence-electron chi connectivity index (χ2n) is 6.53. The highest BCUT2D eigenvalue weighted by molar-refractivity contribution is 7.18. The van der Waals surface area contributed by atoms with Crippen LogP contribution in [0.1, 0.15) is 42.3 Å². The largest absolute Gasteiger partial charge is 0.382 e. The molecule has 21 heavy (non-hydrogen) atoms. The van der Waals surface area contributed by atoms with E-state index in [4.69, 9.17) is 11.5 Å². The van der Waals surface area contributed by atoms with Gasteiger partial charge in [-0.25, -0.2) is 4.98 Å². The number of anilines is 2.